The molecule has 4 atom stereocenters. The largest absolute Gasteiger partial charge is 0.484 e. The Balaban J connectivity index is 0.000000121. The van der Waals surface area contributed by atoms with Crippen LogP contribution in [0.3, 0.4) is 0 Å². The summed E-state index contributed by atoms with van der Waals surface area (Å²) < 4.78 is 10.3. The Kier molecular flexibility index (Phi) is 4.27. The number of hydrogen-bond donors (Lipinski definition) is 0. The maximum absolute atomic E-state index is 5.17. The lowest BCUT2D eigenvalue weighted by atomic mass is 10.0. The summed E-state index contributed by atoms with van der Waals surface area (Å²) in [4.78, 5) is 8.82. The van der Waals surface area contributed by atoms with Gasteiger partial charge in [-0.1, -0.05) is 0 Å². The van der Waals surface area contributed by atoms with Gasteiger partial charge in [-0.05, 0) is 50.4 Å². The van der Waals surface area contributed by atoms with E-state index in [1.807, 2.05) is 0 Å². The van der Waals surface area contributed by atoms with Crippen LogP contribution in [0.4, 0.5) is 0 Å². The third-order valence-electron chi connectivity index (χ3n) is 5.14. The van der Waals surface area contributed by atoms with Crippen molar-refractivity contribution in [3.05, 3.63) is 0 Å². The predicted octanol–water partition coefficient (Wildman–Crippen LogP) is 3.06. The van der Waals surface area contributed by atoms with Crippen molar-refractivity contribution in [1.82, 2.24) is 0 Å². The van der Waals surface area contributed by atoms with Crippen LogP contribution in [0.15, 0.2) is 9.98 Å². The molecule has 2 heterocycles. The van der Waals surface area contributed by atoms with Gasteiger partial charge in [-0.15, -0.1) is 0 Å². The number of nitrogens with zero attached hydrogens (tertiary/aromatic N) is 2. The molecule has 4 rings (SSSR count). The molecule has 0 aromatic carbocycles. The summed E-state index contributed by atoms with van der Waals surface area (Å²) in [6.45, 7) is 1.01. The zero-order valence-electron chi connectivity index (χ0n) is 12.7. The molecule has 112 valence electrons. The molecule has 0 spiro atoms. The standard InChI is InChI=1S/2C8H13NO/c1-10-8-7-3-2-6(4-7)5-9-8;1-10-8-5-6-2-3-7(4-6)9-8/h2*6-7H,2-5H2,1H3. The van der Waals surface area contributed by atoms with Gasteiger partial charge >= 0.3 is 0 Å². The minimum atomic E-state index is 0.605. The summed E-state index contributed by atoms with van der Waals surface area (Å²) >= 11 is 0. The number of ether oxygens (including phenoxy) is 2. The number of fused-ring (bicyclic) bond motifs is 4. The molecule has 4 bridgehead atoms. The van der Waals surface area contributed by atoms with E-state index in [0.29, 0.717) is 12.0 Å². The van der Waals surface area contributed by atoms with E-state index in [1.54, 1.807) is 14.2 Å². The lowest BCUT2D eigenvalue weighted by molar-refractivity contribution is 0.349. The molecule has 0 N–H and O–H groups in total. The predicted molar refractivity (Wildman–Crippen MR) is 80.3 cm³/mol. The fraction of sp³-hybridized carbons (Fsp3) is 0.875. The molecular formula is C16H26N2O2. The molecule has 2 saturated carbocycles. The van der Waals surface area contributed by atoms with Gasteiger partial charge in [-0.2, -0.15) is 0 Å². The van der Waals surface area contributed by atoms with Gasteiger partial charge < -0.3 is 9.47 Å². The van der Waals surface area contributed by atoms with Gasteiger partial charge in [0.15, 0.2) is 11.8 Å². The Hall–Kier alpha value is -1.06. The quantitative estimate of drug-likeness (QED) is 0.683. The summed E-state index contributed by atoms with van der Waals surface area (Å²) in [6, 6.07) is 0.605. The van der Waals surface area contributed by atoms with E-state index in [9.17, 15) is 0 Å². The van der Waals surface area contributed by atoms with Crippen LogP contribution in [-0.4, -0.2) is 38.6 Å². The molecule has 0 aromatic rings. The summed E-state index contributed by atoms with van der Waals surface area (Å²) in [5.41, 5.74) is 0. The number of methoxy groups -OCH3 is 2. The van der Waals surface area contributed by atoms with Crippen molar-refractivity contribution in [2.24, 2.45) is 27.7 Å². The maximum Gasteiger partial charge on any atom is 0.186 e. The first-order chi connectivity index (χ1) is 9.78. The first-order valence-electron chi connectivity index (χ1n) is 7.97. The number of hydrogen-bond acceptors (Lipinski definition) is 4. The van der Waals surface area contributed by atoms with Gasteiger partial charge in [0.05, 0.1) is 20.3 Å². The van der Waals surface area contributed by atoms with E-state index in [2.05, 4.69) is 9.98 Å². The van der Waals surface area contributed by atoms with Crippen LogP contribution in [0.5, 0.6) is 0 Å². The van der Waals surface area contributed by atoms with Crippen molar-refractivity contribution in [3.8, 4) is 0 Å². The maximum atomic E-state index is 5.17. The second-order valence-electron chi connectivity index (χ2n) is 6.52. The Morgan fingerprint density at radius 2 is 1.80 bits per heavy atom. The van der Waals surface area contributed by atoms with E-state index in [4.69, 9.17) is 9.47 Å². The third-order valence-corrected chi connectivity index (χ3v) is 5.14. The van der Waals surface area contributed by atoms with Gasteiger partial charge in [-0.25, -0.2) is 0 Å². The molecule has 4 aliphatic rings. The van der Waals surface area contributed by atoms with Crippen molar-refractivity contribution in [3.63, 3.8) is 0 Å². The van der Waals surface area contributed by atoms with Crippen LogP contribution in [0.2, 0.25) is 0 Å². The molecule has 4 nitrogen and oxygen atoms in total. The second-order valence-corrected chi connectivity index (χ2v) is 6.52. The van der Waals surface area contributed by atoms with E-state index < -0.39 is 0 Å². The van der Waals surface area contributed by atoms with Crippen molar-refractivity contribution < 1.29 is 9.47 Å². The van der Waals surface area contributed by atoms with Gasteiger partial charge in [0, 0.05) is 18.9 Å². The molecule has 2 fully saturated rings. The molecule has 0 saturated heterocycles. The second kappa shape index (κ2) is 6.15. The summed E-state index contributed by atoms with van der Waals surface area (Å²) in [6.07, 6.45) is 9.05. The van der Waals surface area contributed by atoms with Crippen LogP contribution in [0, 0.1) is 17.8 Å². The number of aliphatic imine (C=N–C) groups is 2. The minimum Gasteiger partial charge on any atom is -0.484 e. The van der Waals surface area contributed by atoms with Crippen LogP contribution >= 0.6 is 0 Å². The summed E-state index contributed by atoms with van der Waals surface area (Å²) in [5.74, 6) is 4.43. The van der Waals surface area contributed by atoms with E-state index in [0.717, 1.165) is 36.6 Å². The Labute approximate surface area is 121 Å². The lowest BCUT2D eigenvalue weighted by Crippen LogP contribution is -2.19. The highest BCUT2D eigenvalue weighted by molar-refractivity contribution is 5.79. The van der Waals surface area contributed by atoms with Gasteiger partial charge in [-0.3, -0.25) is 9.98 Å². The smallest absolute Gasteiger partial charge is 0.186 e. The highest BCUT2D eigenvalue weighted by atomic mass is 16.5. The van der Waals surface area contributed by atoms with Crippen LogP contribution in [0.25, 0.3) is 0 Å². The number of rotatable bonds is 0. The molecular weight excluding hydrogens is 252 g/mol. The summed E-state index contributed by atoms with van der Waals surface area (Å²) in [7, 11) is 3.46. The Bertz CT molecular complexity index is 405. The van der Waals surface area contributed by atoms with Gasteiger partial charge in [0.25, 0.3) is 0 Å². The molecule has 4 heteroatoms. The topological polar surface area (TPSA) is 43.2 Å². The lowest BCUT2D eigenvalue weighted by Gasteiger charge is -2.17. The monoisotopic (exact) mass is 278 g/mol. The fourth-order valence-corrected chi connectivity index (χ4v) is 4.04. The third kappa shape index (κ3) is 2.99. The summed E-state index contributed by atoms with van der Waals surface area (Å²) in [5, 5.41) is 0. The van der Waals surface area contributed by atoms with Crippen LogP contribution in [-0.2, 0) is 9.47 Å². The first kappa shape index (κ1) is 13.9. The van der Waals surface area contributed by atoms with E-state index in [1.165, 1.54) is 38.5 Å². The average molecular weight is 278 g/mol. The van der Waals surface area contributed by atoms with Crippen LogP contribution < -0.4 is 0 Å². The molecule has 2 aliphatic carbocycles. The van der Waals surface area contributed by atoms with E-state index >= 15 is 0 Å². The molecule has 0 amide bonds. The highest BCUT2D eigenvalue weighted by Gasteiger charge is 2.32. The zero-order chi connectivity index (χ0) is 13.9. The van der Waals surface area contributed by atoms with Gasteiger partial charge in [0.2, 0.25) is 0 Å². The molecule has 20 heavy (non-hydrogen) atoms. The first-order valence-corrected chi connectivity index (χ1v) is 7.97. The van der Waals surface area contributed by atoms with Crippen LogP contribution in [0.1, 0.15) is 44.9 Å². The Morgan fingerprint density at radius 1 is 0.950 bits per heavy atom. The SMILES string of the molecule is COC1=NC2CCC(C1)C2.COC1=NCC2CCC1C2. The van der Waals surface area contributed by atoms with Gasteiger partial charge in [0.1, 0.15) is 0 Å². The average Bonchev–Trinajstić information content (AvgIpc) is 3.03. The fourth-order valence-electron chi connectivity index (χ4n) is 4.04. The Morgan fingerprint density at radius 3 is 2.55 bits per heavy atom. The highest BCUT2D eigenvalue weighted by Crippen LogP contribution is 2.35. The minimum absolute atomic E-state index is 0.605. The molecule has 2 aliphatic heterocycles. The zero-order valence-corrected chi connectivity index (χ0v) is 12.7. The van der Waals surface area contributed by atoms with E-state index in [-0.39, 0.29) is 0 Å². The molecule has 4 unspecified atom stereocenters. The molecule has 0 radical (unpaired) electrons. The van der Waals surface area contributed by atoms with Crippen molar-refractivity contribution in [1.29, 1.82) is 0 Å². The molecule has 0 aromatic heterocycles. The van der Waals surface area contributed by atoms with Crippen molar-refractivity contribution in [2.45, 2.75) is 51.0 Å². The van der Waals surface area contributed by atoms with Crippen molar-refractivity contribution >= 4 is 11.8 Å². The van der Waals surface area contributed by atoms with Crippen molar-refractivity contribution in [2.75, 3.05) is 20.8 Å². The normalized spacial score (nSPS) is 37.5.